The highest BCUT2D eigenvalue weighted by Gasteiger charge is 2.37. The van der Waals surface area contributed by atoms with Crippen LogP contribution >= 0.6 is 0 Å². The molecule has 1 aliphatic heterocycles. The Morgan fingerprint density at radius 1 is 1.00 bits per heavy atom. The number of hydrogen-bond acceptors (Lipinski definition) is 6. The van der Waals surface area contributed by atoms with Crippen LogP contribution in [-0.2, 0) is 14.3 Å². The fraction of sp³-hybridized carbons (Fsp3) is 0.286. The fourth-order valence-electron chi connectivity index (χ4n) is 2.62. The van der Waals surface area contributed by atoms with Gasteiger partial charge in [0.05, 0.1) is 17.9 Å². The number of rotatable bonds is 6. The van der Waals surface area contributed by atoms with Gasteiger partial charge in [0, 0.05) is 11.8 Å². The average molecular weight is 398 g/mol. The second kappa shape index (κ2) is 8.22. The van der Waals surface area contributed by atoms with E-state index in [9.17, 15) is 14.4 Å². The first-order chi connectivity index (χ1) is 13.8. The lowest BCUT2D eigenvalue weighted by molar-refractivity contribution is -0.135. The number of carbonyl (C=O) groups is 3. The third kappa shape index (κ3) is 4.31. The standard InChI is InChI=1S/C21H22N2O6/c1-4-27-18(24)14-7-5-6-8-15(14)23-20(26)21(2,3)19(25)22-13-9-10-16-17(11-13)29-12-28-16/h5-11H,4,12H2,1-3H3,(H,22,25)(H,23,26). The topological polar surface area (TPSA) is 103 Å². The van der Waals surface area contributed by atoms with Crippen LogP contribution in [0.5, 0.6) is 11.5 Å². The van der Waals surface area contributed by atoms with Crippen molar-refractivity contribution in [3.05, 3.63) is 48.0 Å². The summed E-state index contributed by atoms with van der Waals surface area (Å²) in [6.07, 6.45) is 0. The maximum absolute atomic E-state index is 12.8. The van der Waals surface area contributed by atoms with Crippen LogP contribution in [0.4, 0.5) is 11.4 Å². The minimum absolute atomic E-state index is 0.126. The summed E-state index contributed by atoms with van der Waals surface area (Å²) >= 11 is 0. The molecule has 0 aromatic heterocycles. The molecule has 8 heteroatoms. The summed E-state index contributed by atoms with van der Waals surface area (Å²) in [5, 5.41) is 5.36. The monoisotopic (exact) mass is 398 g/mol. The molecule has 0 unspecified atom stereocenters. The summed E-state index contributed by atoms with van der Waals surface area (Å²) in [6.45, 7) is 5.03. The number of esters is 1. The van der Waals surface area contributed by atoms with E-state index in [4.69, 9.17) is 14.2 Å². The Balaban J connectivity index is 1.73. The van der Waals surface area contributed by atoms with Crippen molar-refractivity contribution in [3.8, 4) is 11.5 Å². The number of ether oxygens (including phenoxy) is 3. The second-order valence-corrected chi connectivity index (χ2v) is 6.87. The van der Waals surface area contributed by atoms with E-state index >= 15 is 0 Å². The summed E-state index contributed by atoms with van der Waals surface area (Å²) < 4.78 is 15.5. The van der Waals surface area contributed by atoms with Crippen LogP contribution in [-0.4, -0.2) is 31.2 Å². The summed E-state index contributed by atoms with van der Waals surface area (Å²) in [4.78, 5) is 37.7. The Bertz CT molecular complexity index is 954. The molecule has 2 N–H and O–H groups in total. The Kier molecular flexibility index (Phi) is 5.72. The highest BCUT2D eigenvalue weighted by molar-refractivity contribution is 6.15. The van der Waals surface area contributed by atoms with Gasteiger partial charge in [-0.2, -0.15) is 0 Å². The minimum Gasteiger partial charge on any atom is -0.462 e. The van der Waals surface area contributed by atoms with E-state index in [-0.39, 0.29) is 24.7 Å². The molecule has 0 aliphatic carbocycles. The van der Waals surface area contributed by atoms with Gasteiger partial charge >= 0.3 is 5.97 Å². The molecular weight excluding hydrogens is 376 g/mol. The third-order valence-corrected chi connectivity index (χ3v) is 4.44. The molecule has 0 saturated carbocycles. The van der Waals surface area contributed by atoms with E-state index in [0.29, 0.717) is 17.2 Å². The predicted molar refractivity (Wildman–Crippen MR) is 106 cm³/mol. The van der Waals surface area contributed by atoms with Crippen molar-refractivity contribution < 1.29 is 28.6 Å². The molecule has 3 rings (SSSR count). The van der Waals surface area contributed by atoms with E-state index < -0.39 is 23.2 Å². The fourth-order valence-corrected chi connectivity index (χ4v) is 2.62. The summed E-state index contributed by atoms with van der Waals surface area (Å²) in [5.41, 5.74) is -0.445. The zero-order valence-corrected chi connectivity index (χ0v) is 16.4. The van der Waals surface area contributed by atoms with Crippen LogP contribution in [0, 0.1) is 5.41 Å². The molecule has 0 atom stereocenters. The maximum atomic E-state index is 12.8. The average Bonchev–Trinajstić information content (AvgIpc) is 3.16. The first kappa shape index (κ1) is 20.2. The lowest BCUT2D eigenvalue weighted by atomic mass is 9.90. The Labute approximate surface area is 168 Å². The Hall–Kier alpha value is -3.55. The molecule has 1 heterocycles. The van der Waals surface area contributed by atoms with E-state index in [1.165, 1.54) is 13.8 Å². The largest absolute Gasteiger partial charge is 0.462 e. The number of anilines is 2. The zero-order valence-electron chi connectivity index (χ0n) is 16.4. The van der Waals surface area contributed by atoms with Gasteiger partial charge in [-0.1, -0.05) is 12.1 Å². The lowest BCUT2D eigenvalue weighted by Crippen LogP contribution is -2.41. The molecule has 2 aromatic rings. The van der Waals surface area contributed by atoms with E-state index in [1.807, 2.05) is 0 Å². The molecular formula is C21H22N2O6. The minimum atomic E-state index is -1.42. The normalized spacial score (nSPS) is 12.2. The van der Waals surface area contributed by atoms with Gasteiger partial charge in [0.15, 0.2) is 11.5 Å². The number of nitrogens with one attached hydrogen (secondary N) is 2. The molecule has 0 bridgehead atoms. The third-order valence-electron chi connectivity index (χ3n) is 4.44. The van der Waals surface area contributed by atoms with Crippen LogP contribution in [0.3, 0.4) is 0 Å². The number of hydrogen-bond donors (Lipinski definition) is 2. The zero-order chi connectivity index (χ0) is 21.0. The van der Waals surface area contributed by atoms with Gasteiger partial charge in [-0.05, 0) is 45.0 Å². The van der Waals surface area contributed by atoms with Crippen molar-refractivity contribution in [1.82, 2.24) is 0 Å². The van der Waals surface area contributed by atoms with Crippen LogP contribution in [0.25, 0.3) is 0 Å². The molecule has 2 amide bonds. The van der Waals surface area contributed by atoms with Crippen molar-refractivity contribution in [2.45, 2.75) is 20.8 Å². The first-order valence-corrected chi connectivity index (χ1v) is 9.11. The number of amides is 2. The van der Waals surface area contributed by atoms with E-state index in [2.05, 4.69) is 10.6 Å². The quantitative estimate of drug-likeness (QED) is 0.572. The molecule has 0 saturated heterocycles. The maximum Gasteiger partial charge on any atom is 0.340 e. The Morgan fingerprint density at radius 3 is 2.45 bits per heavy atom. The van der Waals surface area contributed by atoms with E-state index in [1.54, 1.807) is 49.4 Å². The predicted octanol–water partition coefficient (Wildman–Crippen LogP) is 3.20. The van der Waals surface area contributed by atoms with Crippen LogP contribution in [0.2, 0.25) is 0 Å². The van der Waals surface area contributed by atoms with Gasteiger partial charge in [0.1, 0.15) is 5.41 Å². The number of para-hydroxylation sites is 1. The van der Waals surface area contributed by atoms with Gasteiger partial charge < -0.3 is 24.8 Å². The molecule has 0 fully saturated rings. The lowest BCUT2D eigenvalue weighted by Gasteiger charge is -2.23. The number of benzene rings is 2. The van der Waals surface area contributed by atoms with Gasteiger partial charge in [0.25, 0.3) is 0 Å². The van der Waals surface area contributed by atoms with Gasteiger partial charge in [0.2, 0.25) is 18.6 Å². The number of fused-ring (bicyclic) bond motifs is 1. The van der Waals surface area contributed by atoms with E-state index in [0.717, 1.165) is 0 Å². The van der Waals surface area contributed by atoms with Gasteiger partial charge in [-0.3, -0.25) is 9.59 Å². The molecule has 0 radical (unpaired) electrons. The van der Waals surface area contributed by atoms with Crippen molar-refractivity contribution in [2.75, 3.05) is 24.0 Å². The molecule has 2 aromatic carbocycles. The molecule has 29 heavy (non-hydrogen) atoms. The van der Waals surface area contributed by atoms with Crippen molar-refractivity contribution in [2.24, 2.45) is 5.41 Å². The molecule has 0 spiro atoms. The summed E-state index contributed by atoms with van der Waals surface area (Å²) in [6, 6.07) is 11.4. The summed E-state index contributed by atoms with van der Waals surface area (Å²) in [7, 11) is 0. The van der Waals surface area contributed by atoms with Crippen molar-refractivity contribution in [3.63, 3.8) is 0 Å². The molecule has 152 valence electrons. The summed E-state index contributed by atoms with van der Waals surface area (Å²) in [5.74, 6) is -0.509. The van der Waals surface area contributed by atoms with Crippen LogP contribution in [0.1, 0.15) is 31.1 Å². The number of carbonyl (C=O) groups excluding carboxylic acids is 3. The highest BCUT2D eigenvalue weighted by atomic mass is 16.7. The molecule has 8 nitrogen and oxygen atoms in total. The first-order valence-electron chi connectivity index (χ1n) is 9.11. The smallest absolute Gasteiger partial charge is 0.340 e. The second-order valence-electron chi connectivity index (χ2n) is 6.87. The van der Waals surface area contributed by atoms with Crippen molar-refractivity contribution >= 4 is 29.2 Å². The Morgan fingerprint density at radius 2 is 1.69 bits per heavy atom. The van der Waals surface area contributed by atoms with Gasteiger partial charge in [-0.25, -0.2) is 4.79 Å². The highest BCUT2D eigenvalue weighted by Crippen LogP contribution is 2.34. The van der Waals surface area contributed by atoms with Crippen LogP contribution < -0.4 is 20.1 Å². The molecule has 1 aliphatic rings. The van der Waals surface area contributed by atoms with Gasteiger partial charge in [-0.15, -0.1) is 0 Å². The van der Waals surface area contributed by atoms with Crippen molar-refractivity contribution in [1.29, 1.82) is 0 Å². The SMILES string of the molecule is CCOC(=O)c1ccccc1NC(=O)C(C)(C)C(=O)Nc1ccc2c(c1)OCO2. The van der Waals surface area contributed by atoms with Crippen LogP contribution in [0.15, 0.2) is 42.5 Å².